The molecule has 0 spiro atoms. The van der Waals surface area contributed by atoms with Crippen LogP contribution < -0.4 is 4.74 Å². The highest BCUT2D eigenvalue weighted by Gasteiger charge is 2.21. The normalized spacial score (nSPS) is 15.5. The Morgan fingerprint density at radius 3 is 2.68 bits per heavy atom. The summed E-state index contributed by atoms with van der Waals surface area (Å²) in [7, 11) is 1.61. The summed E-state index contributed by atoms with van der Waals surface area (Å²) in [6, 6.07) is 5.55. The topological polar surface area (TPSA) is 51.9 Å². The molecule has 0 radical (unpaired) electrons. The molecule has 5 nitrogen and oxygen atoms in total. The number of hydrogen-bond donors (Lipinski definition) is 0. The number of fused-ring (bicyclic) bond motifs is 1. The number of rotatable bonds is 4. The zero-order valence-electron chi connectivity index (χ0n) is 12.8. The predicted molar refractivity (Wildman–Crippen MR) is 86.1 cm³/mol. The van der Waals surface area contributed by atoms with Gasteiger partial charge in [0.2, 0.25) is 0 Å². The quantitative estimate of drug-likeness (QED) is 0.809. The lowest BCUT2D eigenvalue weighted by molar-refractivity contribution is 0.0314. The van der Waals surface area contributed by atoms with Crippen molar-refractivity contribution in [1.29, 1.82) is 0 Å². The maximum atomic E-state index is 12.0. The second kappa shape index (κ2) is 7.13. The minimum atomic E-state index is 0. The highest BCUT2D eigenvalue weighted by Crippen LogP contribution is 2.30. The Balaban J connectivity index is 0.00000176. The first-order valence-electron chi connectivity index (χ1n) is 7.09. The molecule has 1 aliphatic heterocycles. The first-order valence-corrected chi connectivity index (χ1v) is 7.09. The van der Waals surface area contributed by atoms with Crippen LogP contribution in [0.4, 0.5) is 0 Å². The number of furan rings is 1. The number of benzene rings is 1. The Bertz CT molecular complexity index is 661. The van der Waals surface area contributed by atoms with Gasteiger partial charge in [-0.3, -0.25) is 9.69 Å². The van der Waals surface area contributed by atoms with Crippen molar-refractivity contribution in [2.75, 3.05) is 33.4 Å². The van der Waals surface area contributed by atoms with E-state index in [0.717, 1.165) is 48.8 Å². The highest BCUT2D eigenvalue weighted by molar-refractivity contribution is 6.07. The Morgan fingerprint density at radius 1 is 1.32 bits per heavy atom. The van der Waals surface area contributed by atoms with Gasteiger partial charge in [-0.25, -0.2) is 0 Å². The minimum Gasteiger partial charge on any atom is -0.497 e. The van der Waals surface area contributed by atoms with Gasteiger partial charge in [-0.1, -0.05) is 0 Å². The van der Waals surface area contributed by atoms with E-state index in [0.29, 0.717) is 12.1 Å². The van der Waals surface area contributed by atoms with E-state index in [-0.39, 0.29) is 18.2 Å². The third-order valence-corrected chi connectivity index (χ3v) is 3.79. The third kappa shape index (κ3) is 3.27. The average Bonchev–Trinajstić information content (AvgIpc) is 2.85. The molecule has 0 atom stereocenters. The van der Waals surface area contributed by atoms with E-state index in [1.54, 1.807) is 14.0 Å². The Kier molecular flexibility index (Phi) is 5.45. The van der Waals surface area contributed by atoms with Gasteiger partial charge in [-0.2, -0.15) is 0 Å². The van der Waals surface area contributed by atoms with Crippen LogP contribution in [0.25, 0.3) is 11.0 Å². The molecule has 0 unspecified atom stereocenters. The second-order valence-electron chi connectivity index (χ2n) is 5.21. The number of hydrogen-bond acceptors (Lipinski definition) is 5. The molecule has 0 N–H and O–H groups in total. The van der Waals surface area contributed by atoms with Crippen LogP contribution in [0.3, 0.4) is 0 Å². The number of Topliss-reactive ketones (excluding diaryl/α,β-unsaturated/α-hetero) is 1. The number of halogens is 1. The molecular formula is C16H20ClNO4. The van der Waals surface area contributed by atoms with Crippen LogP contribution in [-0.4, -0.2) is 44.1 Å². The summed E-state index contributed by atoms with van der Waals surface area (Å²) in [4.78, 5) is 14.3. The van der Waals surface area contributed by atoms with Crippen LogP contribution in [0.2, 0.25) is 0 Å². The van der Waals surface area contributed by atoms with E-state index in [4.69, 9.17) is 13.9 Å². The van der Waals surface area contributed by atoms with E-state index in [9.17, 15) is 4.79 Å². The summed E-state index contributed by atoms with van der Waals surface area (Å²) in [5.74, 6) is 1.47. The van der Waals surface area contributed by atoms with Crippen molar-refractivity contribution >= 4 is 29.2 Å². The van der Waals surface area contributed by atoms with Gasteiger partial charge in [0.05, 0.1) is 32.4 Å². The maximum Gasteiger partial charge on any atom is 0.164 e. The number of methoxy groups -OCH3 is 1. The van der Waals surface area contributed by atoms with Gasteiger partial charge in [0.1, 0.15) is 17.1 Å². The maximum absolute atomic E-state index is 12.0. The van der Waals surface area contributed by atoms with Crippen molar-refractivity contribution in [3.8, 4) is 5.75 Å². The van der Waals surface area contributed by atoms with E-state index >= 15 is 0 Å². The van der Waals surface area contributed by atoms with Crippen molar-refractivity contribution < 1.29 is 18.7 Å². The fourth-order valence-electron chi connectivity index (χ4n) is 2.71. The lowest BCUT2D eigenvalue weighted by Crippen LogP contribution is -2.35. The predicted octanol–water partition coefficient (Wildman–Crippen LogP) is 2.90. The molecule has 3 rings (SSSR count). The minimum absolute atomic E-state index is 0. The number of ether oxygens (including phenoxy) is 2. The Hall–Kier alpha value is -1.56. The van der Waals surface area contributed by atoms with E-state index in [2.05, 4.69) is 4.90 Å². The van der Waals surface area contributed by atoms with Crippen LogP contribution in [0.5, 0.6) is 5.75 Å². The molecule has 0 saturated carbocycles. The number of carbonyl (C=O) groups excluding carboxylic acids is 1. The van der Waals surface area contributed by atoms with Gasteiger partial charge in [0.15, 0.2) is 5.78 Å². The van der Waals surface area contributed by atoms with Crippen LogP contribution in [0.15, 0.2) is 22.6 Å². The Morgan fingerprint density at radius 2 is 2.05 bits per heavy atom. The zero-order chi connectivity index (χ0) is 14.8. The first kappa shape index (κ1) is 16.8. The molecule has 0 bridgehead atoms. The molecule has 1 aromatic heterocycles. The van der Waals surface area contributed by atoms with Gasteiger partial charge in [-0.15, -0.1) is 12.4 Å². The largest absolute Gasteiger partial charge is 0.497 e. The van der Waals surface area contributed by atoms with Gasteiger partial charge in [0, 0.05) is 18.5 Å². The number of ketones is 1. The van der Waals surface area contributed by atoms with Crippen LogP contribution in [0, 0.1) is 0 Å². The summed E-state index contributed by atoms with van der Waals surface area (Å²) in [5, 5.41) is 0.824. The van der Waals surface area contributed by atoms with E-state index in [1.807, 2.05) is 18.2 Å². The fourth-order valence-corrected chi connectivity index (χ4v) is 2.71. The van der Waals surface area contributed by atoms with Crippen molar-refractivity contribution in [1.82, 2.24) is 4.90 Å². The zero-order valence-corrected chi connectivity index (χ0v) is 13.6. The molecular weight excluding hydrogens is 306 g/mol. The van der Waals surface area contributed by atoms with Crippen molar-refractivity contribution in [3.05, 3.63) is 29.5 Å². The van der Waals surface area contributed by atoms with Gasteiger partial charge < -0.3 is 13.9 Å². The smallest absolute Gasteiger partial charge is 0.164 e. The van der Waals surface area contributed by atoms with E-state index in [1.165, 1.54) is 0 Å². The molecule has 6 heteroatoms. The van der Waals surface area contributed by atoms with Gasteiger partial charge >= 0.3 is 0 Å². The summed E-state index contributed by atoms with van der Waals surface area (Å²) >= 11 is 0. The van der Waals surface area contributed by atoms with Gasteiger partial charge in [0.25, 0.3) is 0 Å². The molecule has 1 aliphatic rings. The SMILES string of the molecule is COc1ccc2oc(CN3CCOCC3)c(C(C)=O)c2c1.Cl. The molecule has 1 aromatic carbocycles. The summed E-state index contributed by atoms with van der Waals surface area (Å²) in [6.45, 7) is 5.38. The van der Waals surface area contributed by atoms with Crippen molar-refractivity contribution in [2.24, 2.45) is 0 Å². The third-order valence-electron chi connectivity index (χ3n) is 3.79. The fraction of sp³-hybridized carbons (Fsp3) is 0.438. The first-order chi connectivity index (χ1) is 10.2. The highest BCUT2D eigenvalue weighted by atomic mass is 35.5. The van der Waals surface area contributed by atoms with E-state index < -0.39 is 0 Å². The monoisotopic (exact) mass is 325 g/mol. The molecule has 0 amide bonds. The van der Waals surface area contributed by atoms with Crippen LogP contribution >= 0.6 is 12.4 Å². The van der Waals surface area contributed by atoms with Crippen LogP contribution in [-0.2, 0) is 11.3 Å². The number of morpholine rings is 1. The summed E-state index contributed by atoms with van der Waals surface area (Å²) < 4.78 is 16.5. The number of nitrogens with zero attached hydrogens (tertiary/aromatic N) is 1. The lowest BCUT2D eigenvalue weighted by atomic mass is 10.1. The molecule has 120 valence electrons. The molecule has 1 fully saturated rings. The standard InChI is InChI=1S/C16H19NO4.ClH/c1-11(18)16-13-9-12(19-2)3-4-14(13)21-15(16)10-17-5-7-20-8-6-17;/h3-4,9H,5-8,10H2,1-2H3;1H. The van der Waals surface area contributed by atoms with Crippen LogP contribution in [0.1, 0.15) is 23.0 Å². The summed E-state index contributed by atoms with van der Waals surface area (Å²) in [6.07, 6.45) is 0. The molecule has 2 heterocycles. The molecule has 2 aromatic rings. The average molecular weight is 326 g/mol. The molecule has 1 saturated heterocycles. The van der Waals surface area contributed by atoms with Gasteiger partial charge in [-0.05, 0) is 25.1 Å². The van der Waals surface area contributed by atoms with Crippen molar-refractivity contribution in [3.63, 3.8) is 0 Å². The molecule has 22 heavy (non-hydrogen) atoms. The molecule has 0 aliphatic carbocycles. The lowest BCUT2D eigenvalue weighted by Gasteiger charge is -2.25. The number of carbonyl (C=O) groups is 1. The second-order valence-corrected chi connectivity index (χ2v) is 5.21. The Labute approximate surface area is 135 Å². The van der Waals surface area contributed by atoms with Crippen molar-refractivity contribution in [2.45, 2.75) is 13.5 Å². The summed E-state index contributed by atoms with van der Waals surface area (Å²) in [5.41, 5.74) is 1.39.